The highest BCUT2D eigenvalue weighted by Gasteiger charge is 2.13. The highest BCUT2D eigenvalue weighted by molar-refractivity contribution is 5.58. The number of nitrogens with zero attached hydrogens (tertiary/aromatic N) is 3. The van der Waals surface area contributed by atoms with Gasteiger partial charge in [-0.25, -0.2) is 9.97 Å². The van der Waals surface area contributed by atoms with Crippen molar-refractivity contribution in [3.8, 4) is 0 Å². The standard InChI is InChI=1S/C13H24N4O/c1-5-7-11-12(14-3)15-10-16-13(11)17(4)8-9-18-6-2/h10H,5-9H2,1-4H3,(H,14,15,16). The molecule has 0 aliphatic heterocycles. The lowest BCUT2D eigenvalue weighted by Crippen LogP contribution is -2.25. The minimum Gasteiger partial charge on any atom is -0.380 e. The van der Waals surface area contributed by atoms with Crippen LogP contribution in [0.4, 0.5) is 11.6 Å². The first-order chi connectivity index (χ1) is 8.74. The van der Waals surface area contributed by atoms with Crippen LogP contribution in [0, 0.1) is 0 Å². The molecular formula is C13H24N4O. The molecule has 0 saturated carbocycles. The fourth-order valence-electron chi connectivity index (χ4n) is 1.88. The van der Waals surface area contributed by atoms with Crippen molar-refractivity contribution in [2.75, 3.05) is 44.1 Å². The maximum Gasteiger partial charge on any atom is 0.137 e. The van der Waals surface area contributed by atoms with Gasteiger partial charge in [-0.2, -0.15) is 0 Å². The topological polar surface area (TPSA) is 50.3 Å². The molecule has 0 radical (unpaired) electrons. The minimum atomic E-state index is 0.720. The molecule has 1 aromatic heterocycles. The van der Waals surface area contributed by atoms with Gasteiger partial charge in [-0.1, -0.05) is 13.3 Å². The Hall–Kier alpha value is -1.36. The number of aromatic nitrogens is 2. The van der Waals surface area contributed by atoms with Crippen molar-refractivity contribution in [1.82, 2.24) is 9.97 Å². The zero-order valence-corrected chi connectivity index (χ0v) is 11.9. The number of anilines is 2. The first kappa shape index (κ1) is 14.7. The van der Waals surface area contributed by atoms with Crippen molar-refractivity contribution < 1.29 is 4.74 Å². The molecule has 0 saturated heterocycles. The molecule has 102 valence electrons. The smallest absolute Gasteiger partial charge is 0.137 e. The van der Waals surface area contributed by atoms with Crippen LogP contribution in [0.25, 0.3) is 0 Å². The molecule has 1 rings (SSSR count). The molecule has 0 aliphatic carbocycles. The van der Waals surface area contributed by atoms with E-state index < -0.39 is 0 Å². The van der Waals surface area contributed by atoms with E-state index in [1.54, 1.807) is 6.33 Å². The van der Waals surface area contributed by atoms with E-state index in [1.165, 1.54) is 5.56 Å². The lowest BCUT2D eigenvalue weighted by atomic mass is 10.1. The van der Waals surface area contributed by atoms with Gasteiger partial charge in [0.15, 0.2) is 0 Å². The van der Waals surface area contributed by atoms with E-state index in [0.717, 1.165) is 44.2 Å². The number of ether oxygens (including phenoxy) is 1. The number of rotatable bonds is 8. The van der Waals surface area contributed by atoms with Crippen LogP contribution in [0.2, 0.25) is 0 Å². The maximum atomic E-state index is 5.38. The lowest BCUT2D eigenvalue weighted by molar-refractivity contribution is 0.154. The first-order valence-corrected chi connectivity index (χ1v) is 6.55. The monoisotopic (exact) mass is 252 g/mol. The minimum absolute atomic E-state index is 0.720. The van der Waals surface area contributed by atoms with E-state index in [-0.39, 0.29) is 0 Å². The van der Waals surface area contributed by atoms with Gasteiger partial charge in [-0.05, 0) is 13.3 Å². The lowest BCUT2D eigenvalue weighted by Gasteiger charge is -2.22. The maximum absolute atomic E-state index is 5.38. The summed E-state index contributed by atoms with van der Waals surface area (Å²) in [5, 5.41) is 3.13. The second-order valence-electron chi connectivity index (χ2n) is 4.14. The summed E-state index contributed by atoms with van der Waals surface area (Å²) in [4.78, 5) is 10.8. The largest absolute Gasteiger partial charge is 0.380 e. The van der Waals surface area contributed by atoms with Gasteiger partial charge < -0.3 is 15.0 Å². The van der Waals surface area contributed by atoms with Crippen molar-refractivity contribution in [2.45, 2.75) is 26.7 Å². The van der Waals surface area contributed by atoms with Crippen LogP contribution in [0.1, 0.15) is 25.8 Å². The summed E-state index contributed by atoms with van der Waals surface area (Å²) in [6.45, 7) is 6.48. The summed E-state index contributed by atoms with van der Waals surface area (Å²) in [5.41, 5.74) is 1.18. The van der Waals surface area contributed by atoms with E-state index in [1.807, 2.05) is 21.0 Å². The van der Waals surface area contributed by atoms with Crippen molar-refractivity contribution in [1.29, 1.82) is 0 Å². The molecule has 5 heteroatoms. The first-order valence-electron chi connectivity index (χ1n) is 6.55. The molecule has 0 bridgehead atoms. The van der Waals surface area contributed by atoms with E-state index in [2.05, 4.69) is 27.1 Å². The van der Waals surface area contributed by atoms with E-state index in [9.17, 15) is 0 Å². The van der Waals surface area contributed by atoms with Crippen molar-refractivity contribution in [3.05, 3.63) is 11.9 Å². The molecule has 0 atom stereocenters. The summed E-state index contributed by atoms with van der Waals surface area (Å²) >= 11 is 0. The van der Waals surface area contributed by atoms with Crippen molar-refractivity contribution >= 4 is 11.6 Å². The second kappa shape index (κ2) is 7.87. The molecule has 18 heavy (non-hydrogen) atoms. The zero-order valence-electron chi connectivity index (χ0n) is 11.9. The summed E-state index contributed by atoms with van der Waals surface area (Å²) in [7, 11) is 3.94. The molecule has 0 amide bonds. The average molecular weight is 252 g/mol. The Morgan fingerprint density at radius 2 is 2.11 bits per heavy atom. The average Bonchev–Trinajstić information content (AvgIpc) is 2.39. The van der Waals surface area contributed by atoms with Crippen LogP contribution in [0.5, 0.6) is 0 Å². The quantitative estimate of drug-likeness (QED) is 0.717. The molecular weight excluding hydrogens is 228 g/mol. The Morgan fingerprint density at radius 3 is 2.72 bits per heavy atom. The van der Waals surface area contributed by atoms with E-state index >= 15 is 0 Å². The van der Waals surface area contributed by atoms with Crippen LogP contribution in [-0.4, -0.2) is 43.8 Å². The van der Waals surface area contributed by atoms with Gasteiger partial charge in [0.1, 0.15) is 18.0 Å². The number of hydrogen-bond acceptors (Lipinski definition) is 5. The molecule has 0 unspecified atom stereocenters. The second-order valence-corrected chi connectivity index (χ2v) is 4.14. The third kappa shape index (κ3) is 3.84. The van der Waals surface area contributed by atoms with Gasteiger partial charge in [0.05, 0.1) is 6.61 Å². The molecule has 1 heterocycles. The van der Waals surface area contributed by atoms with Crippen LogP contribution < -0.4 is 10.2 Å². The summed E-state index contributed by atoms with van der Waals surface area (Å²) in [6.07, 6.45) is 3.66. The molecule has 0 aromatic carbocycles. The van der Waals surface area contributed by atoms with Crippen molar-refractivity contribution in [2.24, 2.45) is 0 Å². The van der Waals surface area contributed by atoms with Gasteiger partial charge in [0, 0.05) is 32.8 Å². The molecule has 0 aliphatic rings. The zero-order chi connectivity index (χ0) is 13.4. The number of likely N-dealkylation sites (N-methyl/N-ethyl adjacent to an activating group) is 1. The van der Waals surface area contributed by atoms with Gasteiger partial charge in [0.2, 0.25) is 0 Å². The van der Waals surface area contributed by atoms with Crippen LogP contribution in [-0.2, 0) is 11.2 Å². The Balaban J connectivity index is 2.85. The Morgan fingerprint density at radius 1 is 1.33 bits per heavy atom. The van der Waals surface area contributed by atoms with Gasteiger partial charge in [-0.3, -0.25) is 0 Å². The predicted molar refractivity (Wildman–Crippen MR) is 75.3 cm³/mol. The highest BCUT2D eigenvalue weighted by Crippen LogP contribution is 2.23. The Kier molecular flexibility index (Phi) is 6.43. The molecule has 5 nitrogen and oxygen atoms in total. The normalized spacial score (nSPS) is 10.4. The van der Waals surface area contributed by atoms with E-state index in [4.69, 9.17) is 4.74 Å². The highest BCUT2D eigenvalue weighted by atomic mass is 16.5. The van der Waals surface area contributed by atoms with E-state index in [0.29, 0.717) is 0 Å². The predicted octanol–water partition coefficient (Wildman–Crippen LogP) is 1.94. The summed E-state index contributed by atoms with van der Waals surface area (Å²) in [6, 6.07) is 0. The fourth-order valence-corrected chi connectivity index (χ4v) is 1.88. The van der Waals surface area contributed by atoms with Gasteiger partial charge in [-0.15, -0.1) is 0 Å². The fraction of sp³-hybridized carbons (Fsp3) is 0.692. The van der Waals surface area contributed by atoms with Gasteiger partial charge in [0.25, 0.3) is 0 Å². The Labute approximate surface area is 110 Å². The summed E-state index contributed by atoms with van der Waals surface area (Å²) < 4.78 is 5.38. The molecule has 1 N–H and O–H groups in total. The van der Waals surface area contributed by atoms with Crippen LogP contribution in [0.15, 0.2) is 6.33 Å². The molecule has 0 fully saturated rings. The summed E-state index contributed by atoms with van der Waals surface area (Å²) in [5.74, 6) is 1.92. The van der Waals surface area contributed by atoms with Gasteiger partial charge >= 0.3 is 0 Å². The van der Waals surface area contributed by atoms with Crippen LogP contribution >= 0.6 is 0 Å². The third-order valence-electron chi connectivity index (χ3n) is 2.80. The number of nitrogens with one attached hydrogen (secondary N) is 1. The SMILES string of the molecule is CCCc1c(NC)ncnc1N(C)CCOCC. The van der Waals surface area contributed by atoms with Crippen molar-refractivity contribution in [3.63, 3.8) is 0 Å². The number of hydrogen-bond donors (Lipinski definition) is 1. The Bertz CT molecular complexity index is 357. The third-order valence-corrected chi connectivity index (χ3v) is 2.80. The molecule has 1 aromatic rings. The molecule has 0 spiro atoms. The van der Waals surface area contributed by atoms with Crippen LogP contribution in [0.3, 0.4) is 0 Å².